The van der Waals surface area contributed by atoms with Crippen molar-refractivity contribution in [2.45, 2.75) is 59.3 Å². The Labute approximate surface area is 221 Å². The van der Waals surface area contributed by atoms with Crippen LogP contribution < -0.4 is 10.2 Å². The number of amides is 1. The minimum atomic E-state index is -0.747. The number of fused-ring (bicyclic) bond motifs is 1. The lowest BCUT2D eigenvalue weighted by molar-refractivity contribution is -0.149. The lowest BCUT2D eigenvalue weighted by Crippen LogP contribution is -2.43. The normalized spacial score (nSPS) is 14.7. The molecule has 1 aliphatic rings. The van der Waals surface area contributed by atoms with Gasteiger partial charge in [-0.2, -0.15) is 0 Å². The SMILES string of the molecule is CCCCC#Cc1cc(-c2cnc(N3CCC(C)(C(=O)O)CC3)nc2)cc2nc(CC(=O)NCC)sc12. The standard InChI is InChI=1S/C28H33N5O3S/c1-4-6-7-8-9-19-14-20(15-22-25(19)37-24(32-22)16-23(34)29-5-2)21-17-30-27(31-18-21)33-12-10-28(3,11-13-33)26(35)36/h14-15,17-18H,4-7,10-13,16H2,1-3H3,(H,29,34)(H,35,36). The molecule has 1 fully saturated rings. The highest BCUT2D eigenvalue weighted by Crippen LogP contribution is 2.34. The number of carbonyl (C=O) groups is 2. The van der Waals surface area contributed by atoms with E-state index in [1.165, 1.54) is 11.3 Å². The van der Waals surface area contributed by atoms with Gasteiger partial charge in [-0.1, -0.05) is 25.2 Å². The Morgan fingerprint density at radius 3 is 2.54 bits per heavy atom. The van der Waals surface area contributed by atoms with Crippen LogP contribution in [0.2, 0.25) is 0 Å². The molecule has 37 heavy (non-hydrogen) atoms. The number of benzene rings is 1. The van der Waals surface area contributed by atoms with Crippen LogP contribution in [0.15, 0.2) is 24.5 Å². The summed E-state index contributed by atoms with van der Waals surface area (Å²) in [6, 6.07) is 4.05. The number of carboxylic acids is 1. The summed E-state index contributed by atoms with van der Waals surface area (Å²) < 4.78 is 0.986. The maximum absolute atomic E-state index is 12.1. The molecule has 0 radical (unpaired) electrons. The zero-order valence-corrected chi connectivity index (χ0v) is 22.5. The first-order chi connectivity index (χ1) is 17.8. The van der Waals surface area contributed by atoms with Gasteiger partial charge in [0.15, 0.2) is 0 Å². The second-order valence-electron chi connectivity index (χ2n) is 9.64. The maximum Gasteiger partial charge on any atom is 0.309 e. The van der Waals surface area contributed by atoms with E-state index < -0.39 is 11.4 Å². The van der Waals surface area contributed by atoms with Crippen LogP contribution in [0.25, 0.3) is 21.3 Å². The van der Waals surface area contributed by atoms with Crippen molar-refractivity contribution >= 4 is 39.4 Å². The average Bonchev–Trinajstić information content (AvgIpc) is 3.29. The van der Waals surface area contributed by atoms with Gasteiger partial charge < -0.3 is 15.3 Å². The van der Waals surface area contributed by atoms with Gasteiger partial charge in [-0.05, 0) is 50.8 Å². The smallest absolute Gasteiger partial charge is 0.309 e. The molecule has 9 heteroatoms. The van der Waals surface area contributed by atoms with Crippen LogP contribution in [0.1, 0.15) is 63.4 Å². The molecule has 0 atom stereocenters. The molecule has 1 aliphatic heterocycles. The van der Waals surface area contributed by atoms with Crippen LogP contribution in [-0.2, 0) is 16.0 Å². The van der Waals surface area contributed by atoms with Gasteiger partial charge in [-0.15, -0.1) is 11.3 Å². The molecular formula is C28H33N5O3S. The molecule has 1 aromatic carbocycles. The van der Waals surface area contributed by atoms with Crippen molar-refractivity contribution in [2.75, 3.05) is 24.5 Å². The summed E-state index contributed by atoms with van der Waals surface area (Å²) in [5.41, 5.74) is 2.80. The molecule has 0 spiro atoms. The van der Waals surface area contributed by atoms with Crippen LogP contribution >= 0.6 is 11.3 Å². The van der Waals surface area contributed by atoms with Crippen molar-refractivity contribution in [3.05, 3.63) is 35.1 Å². The summed E-state index contributed by atoms with van der Waals surface area (Å²) in [7, 11) is 0. The van der Waals surface area contributed by atoms with Gasteiger partial charge in [-0.25, -0.2) is 15.0 Å². The predicted octanol–water partition coefficient (Wildman–Crippen LogP) is 4.66. The van der Waals surface area contributed by atoms with Gasteiger partial charge in [-0.3, -0.25) is 9.59 Å². The lowest BCUT2D eigenvalue weighted by Gasteiger charge is -2.36. The highest BCUT2D eigenvalue weighted by atomic mass is 32.1. The summed E-state index contributed by atoms with van der Waals surface area (Å²) in [5.74, 6) is 6.43. The third-order valence-corrected chi connectivity index (χ3v) is 7.84. The molecule has 8 nitrogen and oxygen atoms in total. The van der Waals surface area contributed by atoms with Crippen molar-refractivity contribution in [3.8, 4) is 23.0 Å². The first-order valence-electron chi connectivity index (χ1n) is 12.8. The van der Waals surface area contributed by atoms with Crippen molar-refractivity contribution in [2.24, 2.45) is 5.41 Å². The van der Waals surface area contributed by atoms with E-state index >= 15 is 0 Å². The van der Waals surface area contributed by atoms with Crippen LogP contribution in [-0.4, -0.2) is 51.6 Å². The second-order valence-corrected chi connectivity index (χ2v) is 10.7. The van der Waals surface area contributed by atoms with Gasteiger partial charge in [0.2, 0.25) is 11.9 Å². The average molecular weight is 520 g/mol. The molecular weight excluding hydrogens is 486 g/mol. The van der Waals surface area contributed by atoms with Gasteiger partial charge in [0.1, 0.15) is 5.01 Å². The Bertz CT molecular complexity index is 1330. The molecule has 3 aromatic rings. The van der Waals surface area contributed by atoms with Crippen LogP contribution in [0.5, 0.6) is 0 Å². The monoisotopic (exact) mass is 519 g/mol. The number of thiazole rings is 1. The fourth-order valence-electron chi connectivity index (χ4n) is 4.28. The number of piperidine rings is 1. The first kappa shape index (κ1) is 26.6. The number of anilines is 1. The van der Waals surface area contributed by atoms with E-state index in [0.29, 0.717) is 38.4 Å². The summed E-state index contributed by atoms with van der Waals surface area (Å²) in [6.45, 7) is 7.66. The number of carbonyl (C=O) groups excluding carboxylic acids is 1. The quantitative estimate of drug-likeness (QED) is 0.329. The molecule has 2 aromatic heterocycles. The van der Waals surface area contributed by atoms with E-state index in [2.05, 4.69) is 34.0 Å². The third-order valence-electron chi connectivity index (χ3n) is 6.74. The number of hydrogen-bond donors (Lipinski definition) is 2. The van der Waals surface area contributed by atoms with Crippen molar-refractivity contribution in [1.82, 2.24) is 20.3 Å². The minimum absolute atomic E-state index is 0.0391. The Morgan fingerprint density at radius 2 is 1.89 bits per heavy atom. The number of hydrogen-bond acceptors (Lipinski definition) is 7. The highest BCUT2D eigenvalue weighted by molar-refractivity contribution is 7.18. The number of aliphatic carboxylic acids is 1. The summed E-state index contributed by atoms with van der Waals surface area (Å²) >= 11 is 1.51. The lowest BCUT2D eigenvalue weighted by atomic mass is 9.80. The fourth-order valence-corrected chi connectivity index (χ4v) is 5.29. The molecule has 0 saturated carbocycles. The largest absolute Gasteiger partial charge is 0.481 e. The van der Waals surface area contributed by atoms with E-state index in [1.807, 2.05) is 24.0 Å². The van der Waals surface area contributed by atoms with Crippen molar-refractivity contribution in [3.63, 3.8) is 0 Å². The maximum atomic E-state index is 12.1. The predicted molar refractivity (Wildman–Crippen MR) is 147 cm³/mol. The van der Waals surface area contributed by atoms with Gasteiger partial charge in [0.05, 0.1) is 22.1 Å². The molecule has 0 bridgehead atoms. The van der Waals surface area contributed by atoms with Gasteiger partial charge >= 0.3 is 5.97 Å². The Balaban J connectivity index is 1.60. The van der Waals surface area contributed by atoms with E-state index in [0.717, 1.165) is 51.2 Å². The number of nitrogens with one attached hydrogen (secondary N) is 1. The number of carboxylic acid groups (broad SMARTS) is 1. The summed E-state index contributed by atoms with van der Waals surface area (Å²) in [5, 5.41) is 13.1. The fraction of sp³-hybridized carbons (Fsp3) is 0.464. The Hall–Kier alpha value is -3.51. The number of aromatic nitrogens is 3. The van der Waals surface area contributed by atoms with Crippen LogP contribution in [0, 0.1) is 17.3 Å². The Kier molecular flexibility index (Phi) is 8.39. The zero-order valence-electron chi connectivity index (χ0n) is 21.6. The zero-order chi connectivity index (χ0) is 26.4. The van der Waals surface area contributed by atoms with Crippen LogP contribution in [0.3, 0.4) is 0 Å². The topological polar surface area (TPSA) is 108 Å². The van der Waals surface area contributed by atoms with E-state index in [9.17, 15) is 14.7 Å². The molecule has 4 rings (SSSR count). The second kappa shape index (κ2) is 11.7. The molecule has 3 heterocycles. The first-order valence-corrected chi connectivity index (χ1v) is 13.6. The molecule has 1 saturated heterocycles. The number of rotatable bonds is 8. The molecule has 0 unspecified atom stereocenters. The van der Waals surface area contributed by atoms with Crippen molar-refractivity contribution in [1.29, 1.82) is 0 Å². The molecule has 2 N–H and O–H groups in total. The molecule has 0 aliphatic carbocycles. The number of unbranched alkanes of at least 4 members (excludes halogenated alkanes) is 2. The van der Waals surface area contributed by atoms with Crippen molar-refractivity contribution < 1.29 is 14.7 Å². The number of nitrogens with zero attached hydrogens (tertiary/aromatic N) is 4. The molecule has 194 valence electrons. The van der Waals surface area contributed by atoms with E-state index in [4.69, 9.17) is 4.98 Å². The van der Waals surface area contributed by atoms with Gasteiger partial charge in [0.25, 0.3) is 0 Å². The molecule has 1 amide bonds. The Morgan fingerprint density at radius 1 is 1.16 bits per heavy atom. The third kappa shape index (κ3) is 6.25. The van der Waals surface area contributed by atoms with E-state index in [-0.39, 0.29) is 12.3 Å². The minimum Gasteiger partial charge on any atom is -0.481 e. The number of likely N-dealkylation sites (N-methyl/N-ethyl adjacent to an activating group) is 1. The van der Waals surface area contributed by atoms with Gasteiger partial charge in [0, 0.05) is 49.6 Å². The van der Waals surface area contributed by atoms with Crippen LogP contribution in [0.4, 0.5) is 5.95 Å². The summed E-state index contributed by atoms with van der Waals surface area (Å²) in [6.07, 6.45) is 7.95. The highest BCUT2D eigenvalue weighted by Gasteiger charge is 2.37. The summed E-state index contributed by atoms with van der Waals surface area (Å²) in [4.78, 5) is 39.6. The van der Waals surface area contributed by atoms with E-state index in [1.54, 1.807) is 19.3 Å².